The van der Waals surface area contributed by atoms with Crippen molar-refractivity contribution in [3.8, 4) is 5.75 Å². The number of rotatable bonds is 6. The molecular weight excluding hydrogens is 266 g/mol. The number of aromatic carboxylic acids is 1. The zero-order valence-corrected chi connectivity index (χ0v) is 12.2. The highest BCUT2D eigenvalue weighted by atomic mass is 16.5. The second-order valence-corrected chi connectivity index (χ2v) is 4.85. The van der Waals surface area contributed by atoms with Crippen molar-refractivity contribution in [2.75, 3.05) is 7.11 Å². The third-order valence-corrected chi connectivity index (χ3v) is 3.42. The van der Waals surface area contributed by atoms with E-state index in [4.69, 9.17) is 9.84 Å². The molecule has 2 N–H and O–H groups in total. The average molecular weight is 285 g/mol. The molecule has 2 rings (SSSR count). The summed E-state index contributed by atoms with van der Waals surface area (Å²) in [7, 11) is 1.66. The summed E-state index contributed by atoms with van der Waals surface area (Å²) in [5, 5.41) is 12.3. The number of carboxylic acids is 1. The predicted molar refractivity (Wildman–Crippen MR) is 81.7 cm³/mol. The molecular formula is C17H19NO3. The highest BCUT2D eigenvalue weighted by Gasteiger charge is 2.10. The second kappa shape index (κ2) is 6.90. The Labute approximate surface area is 124 Å². The molecule has 2 aromatic carbocycles. The van der Waals surface area contributed by atoms with Gasteiger partial charge >= 0.3 is 5.97 Å². The Kier molecular flexibility index (Phi) is 4.95. The summed E-state index contributed by atoms with van der Waals surface area (Å²) in [6.45, 7) is 2.74. The Balaban J connectivity index is 2.00. The third-order valence-electron chi connectivity index (χ3n) is 3.42. The van der Waals surface area contributed by atoms with Gasteiger partial charge in [-0.15, -0.1) is 0 Å². The van der Waals surface area contributed by atoms with E-state index in [1.807, 2.05) is 36.4 Å². The van der Waals surface area contributed by atoms with Crippen LogP contribution in [0.25, 0.3) is 0 Å². The highest BCUT2D eigenvalue weighted by Crippen LogP contribution is 2.24. The Morgan fingerprint density at radius 2 is 1.86 bits per heavy atom. The molecule has 110 valence electrons. The lowest BCUT2D eigenvalue weighted by Gasteiger charge is -2.17. The van der Waals surface area contributed by atoms with Crippen LogP contribution in [0.5, 0.6) is 5.75 Å². The van der Waals surface area contributed by atoms with Crippen molar-refractivity contribution in [3.63, 3.8) is 0 Å². The molecule has 0 aliphatic heterocycles. The van der Waals surface area contributed by atoms with E-state index in [1.165, 1.54) is 0 Å². The standard InChI is InChI=1S/C17H19NO3/c1-12(15-5-3-4-6-16(15)21-2)18-11-13-7-9-14(10-8-13)17(19)20/h3-10,12,18H,11H2,1-2H3,(H,19,20). The van der Waals surface area contributed by atoms with E-state index in [9.17, 15) is 4.79 Å². The van der Waals surface area contributed by atoms with Crippen LogP contribution in [0.1, 0.15) is 34.5 Å². The fourth-order valence-corrected chi connectivity index (χ4v) is 2.17. The van der Waals surface area contributed by atoms with Crippen LogP contribution in [0, 0.1) is 0 Å². The van der Waals surface area contributed by atoms with E-state index in [2.05, 4.69) is 12.2 Å². The molecule has 0 radical (unpaired) electrons. The normalized spacial score (nSPS) is 11.9. The Morgan fingerprint density at radius 3 is 2.48 bits per heavy atom. The minimum Gasteiger partial charge on any atom is -0.496 e. The first kappa shape index (κ1) is 15.1. The van der Waals surface area contributed by atoms with Gasteiger partial charge in [-0.2, -0.15) is 0 Å². The minimum atomic E-state index is -0.906. The predicted octanol–water partition coefficient (Wildman–Crippen LogP) is 3.24. The summed E-state index contributed by atoms with van der Waals surface area (Å²) in [5.41, 5.74) is 2.44. The highest BCUT2D eigenvalue weighted by molar-refractivity contribution is 5.87. The van der Waals surface area contributed by atoms with Crippen LogP contribution in [0.15, 0.2) is 48.5 Å². The number of methoxy groups -OCH3 is 1. The number of nitrogens with one attached hydrogen (secondary N) is 1. The maximum Gasteiger partial charge on any atom is 0.335 e. The molecule has 0 spiro atoms. The summed E-state index contributed by atoms with van der Waals surface area (Å²) >= 11 is 0. The Morgan fingerprint density at radius 1 is 1.19 bits per heavy atom. The first-order valence-corrected chi connectivity index (χ1v) is 6.80. The molecule has 0 aliphatic rings. The number of ether oxygens (including phenoxy) is 1. The average Bonchev–Trinajstić information content (AvgIpc) is 2.52. The van der Waals surface area contributed by atoms with Crippen LogP contribution in [0.4, 0.5) is 0 Å². The molecule has 0 aromatic heterocycles. The maximum atomic E-state index is 10.8. The number of hydrogen-bond donors (Lipinski definition) is 2. The smallest absolute Gasteiger partial charge is 0.335 e. The van der Waals surface area contributed by atoms with Crippen molar-refractivity contribution < 1.29 is 14.6 Å². The van der Waals surface area contributed by atoms with Crippen LogP contribution in [0.3, 0.4) is 0 Å². The van der Waals surface area contributed by atoms with E-state index < -0.39 is 5.97 Å². The van der Waals surface area contributed by atoms with Crippen molar-refractivity contribution in [3.05, 3.63) is 65.2 Å². The van der Waals surface area contributed by atoms with Crippen LogP contribution >= 0.6 is 0 Å². The zero-order valence-electron chi connectivity index (χ0n) is 12.2. The van der Waals surface area contributed by atoms with Gasteiger partial charge in [0.25, 0.3) is 0 Å². The van der Waals surface area contributed by atoms with Gasteiger partial charge in [0.05, 0.1) is 12.7 Å². The van der Waals surface area contributed by atoms with Crippen molar-refractivity contribution in [2.24, 2.45) is 0 Å². The van der Waals surface area contributed by atoms with Gasteiger partial charge in [0, 0.05) is 18.2 Å². The SMILES string of the molecule is COc1ccccc1C(C)NCc1ccc(C(=O)O)cc1. The van der Waals surface area contributed by atoms with E-state index in [-0.39, 0.29) is 6.04 Å². The summed E-state index contributed by atoms with van der Waals surface area (Å²) in [5.74, 6) is -0.0457. The van der Waals surface area contributed by atoms with Gasteiger partial charge in [-0.05, 0) is 30.7 Å². The number of para-hydroxylation sites is 1. The monoisotopic (exact) mass is 285 g/mol. The molecule has 4 nitrogen and oxygen atoms in total. The molecule has 0 saturated heterocycles. The van der Waals surface area contributed by atoms with Gasteiger partial charge in [-0.1, -0.05) is 30.3 Å². The molecule has 1 atom stereocenters. The molecule has 1 unspecified atom stereocenters. The number of carboxylic acid groups (broad SMARTS) is 1. The van der Waals surface area contributed by atoms with Gasteiger partial charge in [0.15, 0.2) is 0 Å². The number of benzene rings is 2. The third kappa shape index (κ3) is 3.83. The van der Waals surface area contributed by atoms with Gasteiger partial charge in [-0.3, -0.25) is 0 Å². The molecule has 0 fully saturated rings. The minimum absolute atomic E-state index is 0.139. The van der Waals surface area contributed by atoms with Crippen molar-refractivity contribution in [1.29, 1.82) is 0 Å². The topological polar surface area (TPSA) is 58.6 Å². The Hall–Kier alpha value is -2.33. The summed E-state index contributed by atoms with van der Waals surface area (Å²) in [6, 6.07) is 14.9. The van der Waals surface area contributed by atoms with Crippen molar-refractivity contribution in [1.82, 2.24) is 5.32 Å². The van der Waals surface area contributed by atoms with Crippen molar-refractivity contribution in [2.45, 2.75) is 19.5 Å². The van der Waals surface area contributed by atoms with Gasteiger partial charge in [0.1, 0.15) is 5.75 Å². The lowest BCUT2D eigenvalue weighted by molar-refractivity contribution is 0.0697. The molecule has 2 aromatic rings. The molecule has 21 heavy (non-hydrogen) atoms. The lowest BCUT2D eigenvalue weighted by atomic mass is 10.1. The van der Waals surface area contributed by atoms with E-state index in [0.29, 0.717) is 12.1 Å². The van der Waals surface area contributed by atoms with Gasteiger partial charge in [-0.25, -0.2) is 4.79 Å². The van der Waals surface area contributed by atoms with Crippen LogP contribution in [-0.4, -0.2) is 18.2 Å². The molecule has 4 heteroatoms. The number of hydrogen-bond acceptors (Lipinski definition) is 3. The van der Waals surface area contributed by atoms with Gasteiger partial charge in [0.2, 0.25) is 0 Å². The Bertz CT molecular complexity index is 608. The zero-order chi connectivity index (χ0) is 15.2. The quantitative estimate of drug-likeness (QED) is 0.855. The molecule has 0 bridgehead atoms. The fourth-order valence-electron chi connectivity index (χ4n) is 2.17. The maximum absolute atomic E-state index is 10.8. The first-order valence-electron chi connectivity index (χ1n) is 6.80. The van der Waals surface area contributed by atoms with E-state index in [1.54, 1.807) is 19.2 Å². The largest absolute Gasteiger partial charge is 0.496 e. The summed E-state index contributed by atoms with van der Waals surface area (Å²) in [4.78, 5) is 10.8. The summed E-state index contributed by atoms with van der Waals surface area (Å²) < 4.78 is 5.36. The van der Waals surface area contributed by atoms with E-state index >= 15 is 0 Å². The van der Waals surface area contributed by atoms with Gasteiger partial charge < -0.3 is 15.2 Å². The summed E-state index contributed by atoms with van der Waals surface area (Å²) in [6.07, 6.45) is 0. The van der Waals surface area contributed by atoms with E-state index in [0.717, 1.165) is 16.9 Å². The second-order valence-electron chi connectivity index (χ2n) is 4.85. The molecule has 0 saturated carbocycles. The number of carbonyl (C=O) groups is 1. The molecule has 0 amide bonds. The fraction of sp³-hybridized carbons (Fsp3) is 0.235. The molecule has 0 heterocycles. The first-order chi connectivity index (χ1) is 10.1. The lowest BCUT2D eigenvalue weighted by Crippen LogP contribution is -2.18. The van der Waals surface area contributed by atoms with Crippen LogP contribution in [-0.2, 0) is 6.54 Å². The van der Waals surface area contributed by atoms with Crippen LogP contribution < -0.4 is 10.1 Å². The molecule has 0 aliphatic carbocycles. The van der Waals surface area contributed by atoms with Crippen molar-refractivity contribution >= 4 is 5.97 Å². The van der Waals surface area contributed by atoms with Crippen LogP contribution in [0.2, 0.25) is 0 Å².